The van der Waals surface area contributed by atoms with E-state index in [9.17, 15) is 9.59 Å². The summed E-state index contributed by atoms with van der Waals surface area (Å²) in [5.74, 6) is 0. The first-order chi connectivity index (χ1) is 10.3. The maximum absolute atomic E-state index is 12.0. The number of ether oxygens (including phenoxy) is 1. The fraction of sp³-hybridized carbons (Fsp3) is 0.600. The second-order valence-electron chi connectivity index (χ2n) is 5.75. The molecule has 0 aromatic carbocycles. The smallest absolute Gasteiger partial charge is 0.407 e. The van der Waals surface area contributed by atoms with Crippen LogP contribution in [-0.2, 0) is 11.3 Å². The van der Waals surface area contributed by atoms with Gasteiger partial charge in [0.2, 0.25) is 0 Å². The van der Waals surface area contributed by atoms with Crippen LogP contribution in [0.2, 0.25) is 0 Å². The van der Waals surface area contributed by atoms with Gasteiger partial charge in [-0.3, -0.25) is 0 Å². The van der Waals surface area contributed by atoms with Crippen molar-refractivity contribution >= 4 is 23.5 Å². The Morgan fingerprint density at radius 3 is 2.50 bits per heavy atom. The standard InChI is InChI=1S/C15H25N3O3S/c1-5-18(11-12-7-6-10-22-12)13(19)16-8-9-17-14(20)21-15(2,3)4/h6-7,10H,5,8-9,11H2,1-4H3,(H,16,19)(H,17,20). The third kappa shape index (κ3) is 7.31. The quantitative estimate of drug-likeness (QED) is 0.789. The van der Waals surface area contributed by atoms with E-state index in [1.165, 1.54) is 0 Å². The molecule has 0 radical (unpaired) electrons. The molecule has 1 aromatic heterocycles. The summed E-state index contributed by atoms with van der Waals surface area (Å²) >= 11 is 1.63. The van der Waals surface area contributed by atoms with Gasteiger partial charge in [-0.05, 0) is 39.1 Å². The minimum Gasteiger partial charge on any atom is -0.444 e. The van der Waals surface area contributed by atoms with Crippen LogP contribution in [-0.4, -0.2) is 42.3 Å². The first-order valence-corrected chi connectivity index (χ1v) is 8.22. The van der Waals surface area contributed by atoms with Gasteiger partial charge in [0.15, 0.2) is 0 Å². The van der Waals surface area contributed by atoms with E-state index < -0.39 is 11.7 Å². The molecule has 1 rings (SSSR count). The Kier molecular flexibility index (Phi) is 7.17. The summed E-state index contributed by atoms with van der Waals surface area (Å²) in [5, 5.41) is 7.38. The van der Waals surface area contributed by atoms with Gasteiger partial charge in [0.25, 0.3) is 0 Å². The van der Waals surface area contributed by atoms with Crippen LogP contribution in [0.4, 0.5) is 9.59 Å². The number of amides is 3. The van der Waals surface area contributed by atoms with Gasteiger partial charge in [-0.15, -0.1) is 11.3 Å². The summed E-state index contributed by atoms with van der Waals surface area (Å²) in [6, 6.07) is 3.84. The number of nitrogens with one attached hydrogen (secondary N) is 2. The highest BCUT2D eigenvalue weighted by atomic mass is 32.1. The number of carbonyl (C=O) groups excluding carboxylic acids is 2. The number of carbonyl (C=O) groups is 2. The summed E-state index contributed by atoms with van der Waals surface area (Å²) in [6.07, 6.45) is -0.479. The fourth-order valence-corrected chi connectivity index (χ4v) is 2.40. The first-order valence-electron chi connectivity index (χ1n) is 7.34. The van der Waals surface area contributed by atoms with Crippen molar-refractivity contribution in [3.05, 3.63) is 22.4 Å². The van der Waals surface area contributed by atoms with E-state index in [4.69, 9.17) is 4.74 Å². The molecule has 0 aliphatic carbocycles. The van der Waals surface area contributed by atoms with Crippen LogP contribution in [0, 0.1) is 0 Å². The zero-order valence-corrected chi connectivity index (χ0v) is 14.5. The molecular formula is C15H25N3O3S. The lowest BCUT2D eigenvalue weighted by Gasteiger charge is -2.21. The van der Waals surface area contributed by atoms with Crippen LogP contribution in [0.15, 0.2) is 17.5 Å². The Hall–Kier alpha value is -1.76. The number of hydrogen-bond donors (Lipinski definition) is 2. The maximum atomic E-state index is 12.0. The molecule has 0 saturated carbocycles. The molecule has 2 N–H and O–H groups in total. The van der Waals surface area contributed by atoms with E-state index in [2.05, 4.69) is 10.6 Å². The third-order valence-electron chi connectivity index (χ3n) is 2.67. The van der Waals surface area contributed by atoms with E-state index >= 15 is 0 Å². The van der Waals surface area contributed by atoms with E-state index in [1.54, 1.807) is 37.0 Å². The van der Waals surface area contributed by atoms with Gasteiger partial charge < -0.3 is 20.3 Å². The molecule has 0 atom stereocenters. The van der Waals surface area contributed by atoms with Gasteiger partial charge in [-0.2, -0.15) is 0 Å². The average molecular weight is 327 g/mol. The van der Waals surface area contributed by atoms with E-state index in [0.29, 0.717) is 26.2 Å². The fourth-order valence-electron chi connectivity index (χ4n) is 1.68. The van der Waals surface area contributed by atoms with Gasteiger partial charge in [0.1, 0.15) is 5.60 Å². The van der Waals surface area contributed by atoms with Crippen LogP contribution < -0.4 is 10.6 Å². The van der Waals surface area contributed by atoms with Crippen molar-refractivity contribution in [2.75, 3.05) is 19.6 Å². The van der Waals surface area contributed by atoms with Crippen molar-refractivity contribution in [3.63, 3.8) is 0 Å². The van der Waals surface area contributed by atoms with Crippen molar-refractivity contribution in [3.8, 4) is 0 Å². The Balaban J connectivity index is 2.25. The average Bonchev–Trinajstić information content (AvgIpc) is 2.91. The number of thiophene rings is 1. The number of rotatable bonds is 6. The summed E-state index contributed by atoms with van der Waals surface area (Å²) in [6.45, 7) is 9.26. The SMILES string of the molecule is CCN(Cc1cccs1)C(=O)NCCNC(=O)OC(C)(C)C. The molecule has 3 amide bonds. The predicted molar refractivity (Wildman–Crippen MR) is 88.0 cm³/mol. The summed E-state index contributed by atoms with van der Waals surface area (Å²) < 4.78 is 5.11. The third-order valence-corrected chi connectivity index (χ3v) is 3.53. The molecule has 0 bridgehead atoms. The normalized spacial score (nSPS) is 10.9. The number of hydrogen-bond acceptors (Lipinski definition) is 4. The highest BCUT2D eigenvalue weighted by Gasteiger charge is 2.16. The van der Waals surface area contributed by atoms with Gasteiger partial charge in [-0.1, -0.05) is 6.07 Å². The number of alkyl carbamates (subject to hydrolysis) is 1. The zero-order chi connectivity index (χ0) is 16.6. The topological polar surface area (TPSA) is 70.7 Å². The second-order valence-corrected chi connectivity index (χ2v) is 6.79. The first kappa shape index (κ1) is 18.3. The molecule has 0 aliphatic rings. The second kappa shape index (κ2) is 8.63. The van der Waals surface area contributed by atoms with E-state index in [-0.39, 0.29) is 6.03 Å². The van der Waals surface area contributed by atoms with Crippen LogP contribution in [0.25, 0.3) is 0 Å². The molecule has 124 valence electrons. The Morgan fingerprint density at radius 2 is 1.95 bits per heavy atom. The molecular weight excluding hydrogens is 302 g/mol. The number of nitrogens with zero attached hydrogens (tertiary/aromatic N) is 1. The van der Waals surface area contributed by atoms with Gasteiger partial charge in [-0.25, -0.2) is 9.59 Å². The minimum absolute atomic E-state index is 0.137. The Bertz CT molecular complexity index is 469. The van der Waals surface area contributed by atoms with Crippen LogP contribution >= 0.6 is 11.3 Å². The van der Waals surface area contributed by atoms with E-state index in [0.717, 1.165) is 4.88 Å². The van der Waals surface area contributed by atoms with Crippen LogP contribution in [0.3, 0.4) is 0 Å². The molecule has 1 heterocycles. The Morgan fingerprint density at radius 1 is 1.27 bits per heavy atom. The van der Waals surface area contributed by atoms with Crippen molar-refractivity contribution in [2.45, 2.75) is 39.8 Å². The summed E-state index contributed by atoms with van der Waals surface area (Å²) in [5.41, 5.74) is -0.521. The highest BCUT2D eigenvalue weighted by Crippen LogP contribution is 2.11. The van der Waals surface area contributed by atoms with E-state index in [1.807, 2.05) is 24.4 Å². The molecule has 0 spiro atoms. The molecule has 22 heavy (non-hydrogen) atoms. The largest absolute Gasteiger partial charge is 0.444 e. The summed E-state index contributed by atoms with van der Waals surface area (Å²) in [7, 11) is 0. The molecule has 0 aliphatic heterocycles. The predicted octanol–water partition coefficient (Wildman–Crippen LogP) is 2.80. The molecule has 7 heteroatoms. The molecule has 0 unspecified atom stereocenters. The molecule has 1 aromatic rings. The Labute approximate surface area is 135 Å². The van der Waals surface area contributed by atoms with Gasteiger partial charge >= 0.3 is 12.1 Å². The van der Waals surface area contributed by atoms with Gasteiger partial charge in [0.05, 0.1) is 6.54 Å². The number of urea groups is 1. The monoisotopic (exact) mass is 327 g/mol. The van der Waals surface area contributed by atoms with Crippen molar-refractivity contribution in [2.24, 2.45) is 0 Å². The molecule has 6 nitrogen and oxygen atoms in total. The maximum Gasteiger partial charge on any atom is 0.407 e. The summed E-state index contributed by atoms with van der Waals surface area (Å²) in [4.78, 5) is 26.4. The van der Waals surface area contributed by atoms with Crippen molar-refractivity contribution in [1.29, 1.82) is 0 Å². The lowest BCUT2D eigenvalue weighted by Crippen LogP contribution is -2.43. The minimum atomic E-state index is -0.521. The highest BCUT2D eigenvalue weighted by molar-refractivity contribution is 7.09. The van der Waals surface area contributed by atoms with Crippen LogP contribution in [0.1, 0.15) is 32.6 Å². The van der Waals surface area contributed by atoms with Crippen molar-refractivity contribution in [1.82, 2.24) is 15.5 Å². The molecule has 0 fully saturated rings. The lowest BCUT2D eigenvalue weighted by atomic mass is 10.2. The lowest BCUT2D eigenvalue weighted by molar-refractivity contribution is 0.0528. The molecule has 0 saturated heterocycles. The van der Waals surface area contributed by atoms with Gasteiger partial charge in [0, 0.05) is 24.5 Å². The van der Waals surface area contributed by atoms with Crippen molar-refractivity contribution < 1.29 is 14.3 Å². The van der Waals surface area contributed by atoms with Crippen LogP contribution in [0.5, 0.6) is 0 Å². The zero-order valence-electron chi connectivity index (χ0n) is 13.6.